The number of nitrogens with two attached hydrogens (primary N) is 1. The summed E-state index contributed by atoms with van der Waals surface area (Å²) in [6.07, 6.45) is 8.58. The number of hydrogen-bond acceptors (Lipinski definition) is 4. The van der Waals surface area contributed by atoms with E-state index in [-0.39, 0.29) is 5.54 Å². The molecule has 108 valence electrons. The molecule has 6 nitrogen and oxygen atoms in total. The van der Waals surface area contributed by atoms with Crippen molar-refractivity contribution in [3.63, 3.8) is 0 Å². The summed E-state index contributed by atoms with van der Waals surface area (Å²) >= 11 is 0. The van der Waals surface area contributed by atoms with Crippen LogP contribution in [0.3, 0.4) is 0 Å². The van der Waals surface area contributed by atoms with Gasteiger partial charge in [-0.2, -0.15) is 0 Å². The maximum absolute atomic E-state index is 6.33. The van der Waals surface area contributed by atoms with Gasteiger partial charge in [0.2, 0.25) is 0 Å². The zero-order valence-corrected chi connectivity index (χ0v) is 12.0. The monoisotopic (exact) mass is 282 g/mol. The van der Waals surface area contributed by atoms with Crippen molar-refractivity contribution in [2.75, 3.05) is 0 Å². The van der Waals surface area contributed by atoms with Crippen LogP contribution in [0.2, 0.25) is 0 Å². The number of rotatable bonds is 3. The fourth-order valence-electron chi connectivity index (χ4n) is 2.99. The lowest BCUT2D eigenvalue weighted by Gasteiger charge is -2.35. The number of pyridine rings is 1. The van der Waals surface area contributed by atoms with E-state index in [1.54, 1.807) is 12.4 Å². The van der Waals surface area contributed by atoms with Gasteiger partial charge in [0.05, 0.1) is 23.4 Å². The predicted molar refractivity (Wildman–Crippen MR) is 80.5 cm³/mol. The van der Waals surface area contributed by atoms with Crippen LogP contribution >= 0.6 is 0 Å². The maximum atomic E-state index is 6.33. The molecule has 1 fully saturated rings. The van der Waals surface area contributed by atoms with E-state index in [0.717, 1.165) is 47.8 Å². The van der Waals surface area contributed by atoms with Gasteiger partial charge in [-0.15, -0.1) is 0 Å². The van der Waals surface area contributed by atoms with Crippen molar-refractivity contribution < 1.29 is 0 Å². The Morgan fingerprint density at radius 1 is 1.38 bits per heavy atom. The SMILES string of the molecule is CCn1c(-c2cnc(C3(N)CCC3)[nH]2)nc2cnccc21. The molecular weight excluding hydrogens is 264 g/mol. The minimum Gasteiger partial charge on any atom is -0.338 e. The van der Waals surface area contributed by atoms with Crippen LogP contribution in [0.4, 0.5) is 0 Å². The summed E-state index contributed by atoms with van der Waals surface area (Å²) in [6, 6.07) is 1.99. The molecule has 3 N–H and O–H groups in total. The third kappa shape index (κ3) is 1.79. The van der Waals surface area contributed by atoms with Crippen molar-refractivity contribution in [2.45, 2.75) is 38.3 Å². The van der Waals surface area contributed by atoms with Crippen molar-refractivity contribution in [3.8, 4) is 11.5 Å². The smallest absolute Gasteiger partial charge is 0.159 e. The van der Waals surface area contributed by atoms with E-state index in [1.165, 1.54) is 6.42 Å². The lowest BCUT2D eigenvalue weighted by molar-refractivity contribution is 0.240. The second kappa shape index (κ2) is 4.39. The number of aryl methyl sites for hydroxylation is 1. The molecule has 0 aromatic carbocycles. The summed E-state index contributed by atoms with van der Waals surface area (Å²) < 4.78 is 2.16. The van der Waals surface area contributed by atoms with Gasteiger partial charge in [0.1, 0.15) is 17.0 Å². The van der Waals surface area contributed by atoms with Gasteiger partial charge in [-0.3, -0.25) is 4.98 Å². The summed E-state index contributed by atoms with van der Waals surface area (Å²) in [5.41, 5.74) is 8.96. The van der Waals surface area contributed by atoms with E-state index in [0.29, 0.717) is 0 Å². The number of aromatic nitrogens is 5. The van der Waals surface area contributed by atoms with Gasteiger partial charge in [-0.1, -0.05) is 0 Å². The Bertz CT molecular complexity index is 795. The summed E-state index contributed by atoms with van der Waals surface area (Å²) in [7, 11) is 0. The van der Waals surface area contributed by atoms with Crippen LogP contribution in [0.1, 0.15) is 32.0 Å². The largest absolute Gasteiger partial charge is 0.338 e. The molecule has 1 aliphatic carbocycles. The topological polar surface area (TPSA) is 85.4 Å². The van der Waals surface area contributed by atoms with Crippen molar-refractivity contribution >= 4 is 11.0 Å². The summed E-state index contributed by atoms with van der Waals surface area (Å²) in [5.74, 6) is 1.76. The molecule has 21 heavy (non-hydrogen) atoms. The Hall–Kier alpha value is -2.21. The van der Waals surface area contributed by atoms with Crippen molar-refractivity contribution in [1.29, 1.82) is 0 Å². The molecule has 0 bridgehead atoms. The first-order chi connectivity index (χ1) is 10.2. The van der Waals surface area contributed by atoms with Gasteiger partial charge in [-0.25, -0.2) is 9.97 Å². The van der Waals surface area contributed by atoms with Crippen molar-refractivity contribution in [2.24, 2.45) is 5.73 Å². The quantitative estimate of drug-likeness (QED) is 0.771. The van der Waals surface area contributed by atoms with Gasteiger partial charge in [0.15, 0.2) is 5.82 Å². The molecule has 0 amide bonds. The number of imidazole rings is 2. The van der Waals surface area contributed by atoms with Gasteiger partial charge >= 0.3 is 0 Å². The minimum atomic E-state index is -0.275. The maximum Gasteiger partial charge on any atom is 0.159 e. The predicted octanol–water partition coefficient (Wildman–Crippen LogP) is 2.18. The molecule has 1 aliphatic rings. The molecular formula is C15H18N6. The zero-order valence-electron chi connectivity index (χ0n) is 12.0. The first-order valence-corrected chi connectivity index (χ1v) is 7.36. The summed E-state index contributed by atoms with van der Waals surface area (Å²) in [5, 5.41) is 0. The van der Waals surface area contributed by atoms with E-state index in [2.05, 4.69) is 31.4 Å². The molecule has 0 unspecified atom stereocenters. The van der Waals surface area contributed by atoms with E-state index in [4.69, 9.17) is 5.73 Å². The van der Waals surface area contributed by atoms with Gasteiger partial charge in [-0.05, 0) is 32.3 Å². The van der Waals surface area contributed by atoms with Crippen LogP contribution in [0, 0.1) is 0 Å². The molecule has 1 saturated carbocycles. The van der Waals surface area contributed by atoms with E-state index in [1.807, 2.05) is 12.3 Å². The average molecular weight is 282 g/mol. The van der Waals surface area contributed by atoms with Crippen LogP contribution in [0.15, 0.2) is 24.7 Å². The van der Waals surface area contributed by atoms with Crippen LogP contribution in [-0.4, -0.2) is 24.5 Å². The highest BCUT2D eigenvalue weighted by Gasteiger charge is 2.37. The molecule has 0 atom stereocenters. The Labute approximate surface area is 122 Å². The van der Waals surface area contributed by atoms with E-state index in [9.17, 15) is 0 Å². The molecule has 3 aromatic heterocycles. The Kier molecular flexibility index (Phi) is 2.62. The summed E-state index contributed by atoms with van der Waals surface area (Å²) in [4.78, 5) is 16.7. The van der Waals surface area contributed by atoms with Gasteiger partial charge in [0, 0.05) is 12.7 Å². The van der Waals surface area contributed by atoms with Crippen LogP contribution in [0.5, 0.6) is 0 Å². The third-order valence-corrected chi connectivity index (χ3v) is 4.40. The number of fused-ring (bicyclic) bond motifs is 1. The highest BCUT2D eigenvalue weighted by atomic mass is 15.1. The van der Waals surface area contributed by atoms with Crippen LogP contribution in [0.25, 0.3) is 22.6 Å². The zero-order chi connectivity index (χ0) is 14.4. The standard InChI is InChI=1S/C15H18N6/c1-2-21-12-4-7-17-8-10(12)19-13(21)11-9-18-14(20-11)15(16)5-3-6-15/h4,7-9H,2-3,5-6,16H2,1H3,(H,18,20). The minimum absolute atomic E-state index is 0.275. The summed E-state index contributed by atoms with van der Waals surface area (Å²) in [6.45, 7) is 2.96. The molecule has 3 aromatic rings. The van der Waals surface area contributed by atoms with Crippen molar-refractivity contribution in [3.05, 3.63) is 30.5 Å². The Morgan fingerprint density at radius 2 is 2.24 bits per heavy atom. The molecule has 3 heterocycles. The number of H-pyrrole nitrogens is 1. The Morgan fingerprint density at radius 3 is 2.95 bits per heavy atom. The van der Waals surface area contributed by atoms with Crippen LogP contribution in [-0.2, 0) is 12.1 Å². The molecule has 6 heteroatoms. The van der Waals surface area contributed by atoms with Crippen molar-refractivity contribution in [1.82, 2.24) is 24.5 Å². The average Bonchev–Trinajstić information content (AvgIpc) is 3.08. The van der Waals surface area contributed by atoms with Gasteiger partial charge in [0.25, 0.3) is 0 Å². The second-order valence-corrected chi connectivity index (χ2v) is 5.70. The number of nitrogens with zero attached hydrogens (tertiary/aromatic N) is 4. The fraction of sp³-hybridized carbons (Fsp3) is 0.400. The lowest BCUT2D eigenvalue weighted by atomic mass is 9.77. The molecule has 0 aliphatic heterocycles. The first kappa shape index (κ1) is 12.5. The number of aromatic amines is 1. The van der Waals surface area contributed by atoms with E-state index >= 15 is 0 Å². The first-order valence-electron chi connectivity index (χ1n) is 7.36. The number of nitrogens with one attached hydrogen (secondary N) is 1. The highest BCUT2D eigenvalue weighted by Crippen LogP contribution is 2.37. The van der Waals surface area contributed by atoms with Crippen LogP contribution < -0.4 is 5.73 Å². The number of hydrogen-bond donors (Lipinski definition) is 2. The third-order valence-electron chi connectivity index (χ3n) is 4.40. The normalized spacial score (nSPS) is 17.0. The molecule has 0 spiro atoms. The van der Waals surface area contributed by atoms with Gasteiger partial charge < -0.3 is 15.3 Å². The highest BCUT2D eigenvalue weighted by molar-refractivity contribution is 5.78. The van der Waals surface area contributed by atoms with E-state index < -0.39 is 0 Å². The lowest BCUT2D eigenvalue weighted by Crippen LogP contribution is -2.44. The molecule has 4 rings (SSSR count). The molecule has 0 saturated heterocycles. The Balaban J connectivity index is 1.83. The second-order valence-electron chi connectivity index (χ2n) is 5.70. The molecule has 0 radical (unpaired) electrons. The fourth-order valence-corrected chi connectivity index (χ4v) is 2.99.